The van der Waals surface area contributed by atoms with Gasteiger partial charge in [-0.1, -0.05) is 46.9 Å². The van der Waals surface area contributed by atoms with Crippen molar-refractivity contribution in [3.63, 3.8) is 0 Å². The molecular formula is C20H15BrCl3NO. The summed E-state index contributed by atoms with van der Waals surface area (Å²) in [5.74, 6) is 0.769. The zero-order valence-electron chi connectivity index (χ0n) is 13.6. The molecule has 0 radical (unpaired) electrons. The minimum absolute atomic E-state index is 0.430. The van der Waals surface area contributed by atoms with Crippen LogP contribution < -0.4 is 10.1 Å². The predicted molar refractivity (Wildman–Crippen MR) is 114 cm³/mol. The van der Waals surface area contributed by atoms with Gasteiger partial charge in [-0.05, 0) is 70.0 Å². The highest BCUT2D eigenvalue weighted by Crippen LogP contribution is 2.28. The Balaban J connectivity index is 1.71. The van der Waals surface area contributed by atoms with Gasteiger partial charge in [-0.15, -0.1) is 0 Å². The molecule has 26 heavy (non-hydrogen) atoms. The van der Waals surface area contributed by atoms with Crippen molar-refractivity contribution in [1.29, 1.82) is 0 Å². The molecule has 0 aliphatic rings. The Morgan fingerprint density at radius 3 is 2.46 bits per heavy atom. The summed E-state index contributed by atoms with van der Waals surface area (Å²) < 4.78 is 6.83. The molecule has 0 saturated heterocycles. The van der Waals surface area contributed by atoms with Crippen LogP contribution in [0, 0.1) is 0 Å². The van der Waals surface area contributed by atoms with E-state index < -0.39 is 0 Å². The Labute approximate surface area is 176 Å². The van der Waals surface area contributed by atoms with Gasteiger partial charge in [0.05, 0.1) is 5.02 Å². The monoisotopic (exact) mass is 469 g/mol. The van der Waals surface area contributed by atoms with Crippen LogP contribution in [-0.2, 0) is 13.2 Å². The smallest absolute Gasteiger partial charge is 0.124 e. The molecule has 0 bridgehead atoms. The van der Waals surface area contributed by atoms with Gasteiger partial charge in [-0.3, -0.25) is 0 Å². The second-order valence-corrected chi connectivity index (χ2v) is 7.79. The molecule has 0 unspecified atom stereocenters. The summed E-state index contributed by atoms with van der Waals surface area (Å²) in [5, 5.41) is 5.34. The van der Waals surface area contributed by atoms with Gasteiger partial charge in [-0.2, -0.15) is 0 Å². The first-order valence-corrected chi connectivity index (χ1v) is 9.78. The van der Waals surface area contributed by atoms with Crippen molar-refractivity contribution in [3.8, 4) is 5.75 Å². The van der Waals surface area contributed by atoms with Crippen LogP contribution in [-0.4, -0.2) is 0 Å². The first-order valence-electron chi connectivity index (χ1n) is 7.86. The number of ether oxygens (including phenoxy) is 1. The van der Waals surface area contributed by atoms with Gasteiger partial charge in [0.1, 0.15) is 12.4 Å². The molecule has 0 aromatic heterocycles. The van der Waals surface area contributed by atoms with Crippen molar-refractivity contribution in [1.82, 2.24) is 0 Å². The molecule has 3 aromatic rings. The third-order valence-electron chi connectivity index (χ3n) is 3.71. The van der Waals surface area contributed by atoms with E-state index in [1.807, 2.05) is 60.7 Å². The summed E-state index contributed by atoms with van der Waals surface area (Å²) in [6, 6.07) is 18.9. The lowest BCUT2D eigenvalue weighted by atomic mass is 10.2. The van der Waals surface area contributed by atoms with Crippen LogP contribution in [0.25, 0.3) is 0 Å². The highest BCUT2D eigenvalue weighted by atomic mass is 79.9. The van der Waals surface area contributed by atoms with E-state index in [4.69, 9.17) is 39.5 Å². The molecule has 0 aliphatic carbocycles. The Bertz CT molecular complexity index is 917. The van der Waals surface area contributed by atoms with Gasteiger partial charge in [0.25, 0.3) is 0 Å². The fourth-order valence-electron chi connectivity index (χ4n) is 2.42. The standard InChI is InChI=1S/C20H15BrCl3NO/c21-18-6-5-17(10-19(18)24)25-11-14-9-16(23)4-7-20(14)26-12-13-2-1-3-15(22)8-13/h1-10,25H,11-12H2. The molecule has 3 rings (SSSR count). The van der Waals surface area contributed by atoms with Gasteiger partial charge in [-0.25, -0.2) is 0 Å². The van der Waals surface area contributed by atoms with E-state index in [1.165, 1.54) is 0 Å². The highest BCUT2D eigenvalue weighted by Gasteiger charge is 2.07. The maximum absolute atomic E-state index is 6.15. The summed E-state index contributed by atoms with van der Waals surface area (Å²) in [4.78, 5) is 0. The number of hydrogen-bond donors (Lipinski definition) is 1. The first kappa shape index (κ1) is 19.4. The van der Waals surface area contributed by atoms with Crippen molar-refractivity contribution in [2.24, 2.45) is 0 Å². The maximum Gasteiger partial charge on any atom is 0.124 e. The average molecular weight is 472 g/mol. The van der Waals surface area contributed by atoms with E-state index in [9.17, 15) is 0 Å². The molecule has 0 amide bonds. The van der Waals surface area contributed by atoms with Crippen LogP contribution in [0.15, 0.2) is 65.1 Å². The lowest BCUT2D eigenvalue weighted by molar-refractivity contribution is 0.303. The van der Waals surface area contributed by atoms with Crippen molar-refractivity contribution in [3.05, 3.63) is 91.3 Å². The summed E-state index contributed by atoms with van der Waals surface area (Å²) in [7, 11) is 0. The number of benzene rings is 3. The highest BCUT2D eigenvalue weighted by molar-refractivity contribution is 9.10. The molecule has 3 aromatic carbocycles. The van der Waals surface area contributed by atoms with Crippen LogP contribution in [0.3, 0.4) is 0 Å². The second-order valence-electron chi connectivity index (χ2n) is 5.65. The number of nitrogens with one attached hydrogen (secondary N) is 1. The molecule has 0 aliphatic heterocycles. The Hall–Kier alpha value is -1.39. The van der Waals surface area contributed by atoms with Crippen molar-refractivity contribution in [2.75, 3.05) is 5.32 Å². The van der Waals surface area contributed by atoms with Gasteiger partial charge >= 0.3 is 0 Å². The summed E-state index contributed by atoms with van der Waals surface area (Å²) >= 11 is 21.7. The largest absolute Gasteiger partial charge is 0.489 e. The van der Waals surface area contributed by atoms with E-state index in [-0.39, 0.29) is 0 Å². The second kappa shape index (κ2) is 9.01. The zero-order valence-corrected chi connectivity index (χ0v) is 17.5. The van der Waals surface area contributed by atoms with Crippen LogP contribution in [0.2, 0.25) is 15.1 Å². The number of anilines is 1. The van der Waals surface area contributed by atoms with Crippen LogP contribution in [0.4, 0.5) is 5.69 Å². The number of rotatable bonds is 6. The van der Waals surface area contributed by atoms with Gasteiger partial charge in [0, 0.05) is 32.3 Å². The normalized spacial score (nSPS) is 10.6. The molecule has 134 valence electrons. The van der Waals surface area contributed by atoms with Crippen molar-refractivity contribution in [2.45, 2.75) is 13.2 Å². The maximum atomic E-state index is 6.15. The van der Waals surface area contributed by atoms with Gasteiger partial charge in [0.2, 0.25) is 0 Å². The predicted octanol–water partition coefficient (Wildman–Crippen LogP) is 7.60. The minimum atomic E-state index is 0.430. The lowest BCUT2D eigenvalue weighted by Crippen LogP contribution is -2.04. The van der Waals surface area contributed by atoms with Gasteiger partial charge in [0.15, 0.2) is 0 Å². The number of halogens is 4. The molecule has 0 atom stereocenters. The first-order chi connectivity index (χ1) is 12.5. The van der Waals surface area contributed by atoms with E-state index in [0.717, 1.165) is 27.0 Å². The minimum Gasteiger partial charge on any atom is -0.489 e. The fraction of sp³-hybridized carbons (Fsp3) is 0.100. The Morgan fingerprint density at radius 1 is 0.885 bits per heavy atom. The third-order valence-corrected chi connectivity index (χ3v) is 5.41. The third kappa shape index (κ3) is 5.31. The Morgan fingerprint density at radius 2 is 1.69 bits per heavy atom. The summed E-state index contributed by atoms with van der Waals surface area (Å²) in [6.45, 7) is 0.989. The molecule has 2 nitrogen and oxygen atoms in total. The van der Waals surface area contributed by atoms with Crippen molar-refractivity contribution >= 4 is 56.4 Å². The van der Waals surface area contributed by atoms with E-state index in [0.29, 0.717) is 28.2 Å². The summed E-state index contributed by atoms with van der Waals surface area (Å²) in [5.41, 5.74) is 2.88. The van der Waals surface area contributed by atoms with Crippen LogP contribution in [0.5, 0.6) is 5.75 Å². The van der Waals surface area contributed by atoms with E-state index >= 15 is 0 Å². The SMILES string of the molecule is Clc1cccc(COc2ccc(Cl)cc2CNc2ccc(Br)c(Cl)c2)c1. The molecule has 1 N–H and O–H groups in total. The molecular weight excluding hydrogens is 456 g/mol. The average Bonchev–Trinajstić information content (AvgIpc) is 2.62. The molecule has 0 fully saturated rings. The fourth-order valence-corrected chi connectivity index (χ4v) is 3.25. The number of hydrogen-bond acceptors (Lipinski definition) is 2. The zero-order chi connectivity index (χ0) is 18.5. The Kier molecular flexibility index (Phi) is 6.71. The van der Waals surface area contributed by atoms with Gasteiger partial charge < -0.3 is 10.1 Å². The topological polar surface area (TPSA) is 21.3 Å². The molecule has 6 heteroatoms. The molecule has 0 heterocycles. The van der Waals surface area contributed by atoms with E-state index in [2.05, 4.69) is 21.2 Å². The van der Waals surface area contributed by atoms with Crippen LogP contribution >= 0.6 is 50.7 Å². The molecule has 0 saturated carbocycles. The van der Waals surface area contributed by atoms with Crippen molar-refractivity contribution < 1.29 is 4.74 Å². The lowest BCUT2D eigenvalue weighted by Gasteiger charge is -2.14. The van der Waals surface area contributed by atoms with Crippen LogP contribution in [0.1, 0.15) is 11.1 Å². The quantitative estimate of drug-likeness (QED) is 0.400. The summed E-state index contributed by atoms with van der Waals surface area (Å²) in [6.07, 6.45) is 0. The molecule has 0 spiro atoms. The van der Waals surface area contributed by atoms with E-state index in [1.54, 1.807) is 0 Å².